The number of nitrogen functional groups attached to an aromatic ring is 1. The molecular formula is C11H11BrN2O2. The Balaban J connectivity index is 2.66. The minimum Gasteiger partial charge on any atom is -0.495 e. The standard InChI is InChI=1S/C11H11BrN2O2/c1-6-3-4-7(10(15-2)9(6)12)8-5-14-16-11(8)13/h3-5H,13H2,1-2H3. The van der Waals surface area contributed by atoms with Crippen LogP contribution in [0, 0.1) is 6.92 Å². The molecule has 1 aromatic carbocycles. The molecule has 1 aromatic heterocycles. The maximum atomic E-state index is 5.68. The van der Waals surface area contributed by atoms with Gasteiger partial charge in [-0.2, -0.15) is 0 Å². The van der Waals surface area contributed by atoms with Gasteiger partial charge in [0.15, 0.2) is 0 Å². The van der Waals surface area contributed by atoms with Crippen LogP contribution in [0.3, 0.4) is 0 Å². The molecule has 1 heterocycles. The zero-order chi connectivity index (χ0) is 11.7. The summed E-state index contributed by atoms with van der Waals surface area (Å²) in [6, 6.07) is 3.91. The smallest absolute Gasteiger partial charge is 0.230 e. The molecule has 0 radical (unpaired) electrons. The van der Waals surface area contributed by atoms with Crippen LogP contribution in [-0.2, 0) is 0 Å². The highest BCUT2D eigenvalue weighted by molar-refractivity contribution is 9.10. The van der Waals surface area contributed by atoms with Crippen LogP contribution in [-0.4, -0.2) is 12.3 Å². The molecule has 0 fully saturated rings. The second-order valence-electron chi connectivity index (χ2n) is 3.38. The number of nitrogens with two attached hydrogens (primary N) is 1. The summed E-state index contributed by atoms with van der Waals surface area (Å²) in [5.41, 5.74) is 8.37. The lowest BCUT2D eigenvalue weighted by Gasteiger charge is -2.11. The minimum absolute atomic E-state index is 0.286. The summed E-state index contributed by atoms with van der Waals surface area (Å²) < 4.78 is 11.1. The monoisotopic (exact) mass is 282 g/mol. The van der Waals surface area contributed by atoms with Gasteiger partial charge < -0.3 is 15.0 Å². The van der Waals surface area contributed by atoms with Crippen molar-refractivity contribution in [3.05, 3.63) is 28.4 Å². The Bertz CT molecular complexity index is 523. The van der Waals surface area contributed by atoms with Crippen LogP contribution < -0.4 is 10.5 Å². The van der Waals surface area contributed by atoms with Crippen molar-refractivity contribution in [2.24, 2.45) is 0 Å². The average Bonchev–Trinajstić information content (AvgIpc) is 2.68. The van der Waals surface area contributed by atoms with Crippen LogP contribution >= 0.6 is 15.9 Å². The van der Waals surface area contributed by atoms with Gasteiger partial charge in [-0.1, -0.05) is 17.3 Å². The van der Waals surface area contributed by atoms with Crippen LogP contribution in [0.4, 0.5) is 5.88 Å². The lowest BCUT2D eigenvalue weighted by atomic mass is 10.1. The van der Waals surface area contributed by atoms with Crippen molar-refractivity contribution in [2.75, 3.05) is 12.8 Å². The van der Waals surface area contributed by atoms with Gasteiger partial charge >= 0.3 is 0 Å². The second kappa shape index (κ2) is 4.17. The van der Waals surface area contributed by atoms with Crippen molar-refractivity contribution in [3.8, 4) is 16.9 Å². The molecule has 0 aliphatic rings. The number of ether oxygens (including phenoxy) is 1. The third-order valence-electron chi connectivity index (χ3n) is 2.38. The number of benzene rings is 1. The first-order chi connectivity index (χ1) is 7.65. The van der Waals surface area contributed by atoms with Gasteiger partial charge in [0.1, 0.15) is 5.75 Å². The summed E-state index contributed by atoms with van der Waals surface area (Å²) in [5, 5.41) is 3.65. The summed E-state index contributed by atoms with van der Waals surface area (Å²) in [5.74, 6) is 1.02. The van der Waals surface area contributed by atoms with Crippen molar-refractivity contribution in [1.29, 1.82) is 0 Å². The SMILES string of the molecule is COc1c(-c2cnoc2N)ccc(C)c1Br. The normalized spacial score (nSPS) is 10.4. The van der Waals surface area contributed by atoms with E-state index in [0.717, 1.165) is 26.9 Å². The van der Waals surface area contributed by atoms with Crippen LogP contribution in [0.1, 0.15) is 5.56 Å². The number of hydrogen-bond acceptors (Lipinski definition) is 4. The zero-order valence-electron chi connectivity index (χ0n) is 8.95. The Morgan fingerprint density at radius 1 is 1.38 bits per heavy atom. The molecule has 4 nitrogen and oxygen atoms in total. The number of aromatic nitrogens is 1. The molecule has 5 heteroatoms. The predicted molar refractivity (Wildman–Crippen MR) is 65.3 cm³/mol. The fourth-order valence-electron chi connectivity index (χ4n) is 1.52. The Morgan fingerprint density at radius 3 is 2.69 bits per heavy atom. The topological polar surface area (TPSA) is 61.3 Å². The highest BCUT2D eigenvalue weighted by atomic mass is 79.9. The van der Waals surface area contributed by atoms with Crippen molar-refractivity contribution in [1.82, 2.24) is 5.16 Å². The van der Waals surface area contributed by atoms with Crippen LogP contribution in [0.5, 0.6) is 5.75 Å². The molecule has 0 saturated carbocycles. The first-order valence-corrected chi connectivity index (χ1v) is 5.48. The van der Waals surface area contributed by atoms with E-state index in [0.29, 0.717) is 0 Å². The molecule has 2 aromatic rings. The number of hydrogen-bond donors (Lipinski definition) is 1. The van der Waals surface area contributed by atoms with Crippen molar-refractivity contribution in [3.63, 3.8) is 0 Å². The lowest BCUT2D eigenvalue weighted by molar-refractivity contribution is 0.413. The van der Waals surface area contributed by atoms with Gasteiger partial charge in [0.2, 0.25) is 5.88 Å². The number of methoxy groups -OCH3 is 1. The maximum absolute atomic E-state index is 5.68. The molecule has 0 amide bonds. The minimum atomic E-state index is 0.286. The number of nitrogens with zero attached hydrogens (tertiary/aromatic N) is 1. The molecule has 0 aliphatic heterocycles. The van der Waals surface area contributed by atoms with E-state index in [-0.39, 0.29) is 5.88 Å². The number of anilines is 1. The van der Waals surface area contributed by atoms with E-state index in [9.17, 15) is 0 Å². The summed E-state index contributed by atoms with van der Waals surface area (Å²) in [6.45, 7) is 1.99. The van der Waals surface area contributed by atoms with E-state index in [1.165, 1.54) is 0 Å². The molecule has 0 saturated heterocycles. The third-order valence-corrected chi connectivity index (χ3v) is 3.37. The summed E-state index contributed by atoms with van der Waals surface area (Å²) in [7, 11) is 1.62. The first kappa shape index (κ1) is 11.0. The number of halogens is 1. The van der Waals surface area contributed by atoms with Gasteiger partial charge in [0.05, 0.1) is 23.3 Å². The quantitative estimate of drug-likeness (QED) is 0.920. The molecule has 0 aliphatic carbocycles. The highest BCUT2D eigenvalue weighted by Gasteiger charge is 2.15. The van der Waals surface area contributed by atoms with Crippen LogP contribution in [0.2, 0.25) is 0 Å². The van der Waals surface area contributed by atoms with Gasteiger partial charge in [-0.3, -0.25) is 0 Å². The molecule has 2 rings (SSSR count). The van der Waals surface area contributed by atoms with E-state index in [1.54, 1.807) is 13.3 Å². The van der Waals surface area contributed by atoms with E-state index in [1.807, 2.05) is 19.1 Å². The number of aryl methyl sites for hydroxylation is 1. The van der Waals surface area contributed by atoms with Crippen LogP contribution in [0.25, 0.3) is 11.1 Å². The zero-order valence-corrected chi connectivity index (χ0v) is 10.5. The summed E-state index contributed by atoms with van der Waals surface area (Å²) in [6.07, 6.45) is 1.58. The summed E-state index contributed by atoms with van der Waals surface area (Å²) >= 11 is 3.48. The molecule has 0 spiro atoms. The molecule has 0 atom stereocenters. The predicted octanol–water partition coefficient (Wildman–Crippen LogP) is 3.00. The van der Waals surface area contributed by atoms with Gasteiger partial charge in [-0.15, -0.1) is 0 Å². The van der Waals surface area contributed by atoms with Crippen molar-refractivity contribution >= 4 is 21.8 Å². The lowest BCUT2D eigenvalue weighted by Crippen LogP contribution is -1.92. The van der Waals surface area contributed by atoms with Crippen molar-refractivity contribution in [2.45, 2.75) is 6.92 Å². The van der Waals surface area contributed by atoms with Crippen LogP contribution in [0.15, 0.2) is 27.3 Å². The summed E-state index contributed by atoms with van der Waals surface area (Å²) in [4.78, 5) is 0. The molecule has 2 N–H and O–H groups in total. The van der Waals surface area contributed by atoms with Gasteiger partial charge in [0.25, 0.3) is 0 Å². The third kappa shape index (κ3) is 1.67. The fraction of sp³-hybridized carbons (Fsp3) is 0.182. The molecule has 0 bridgehead atoms. The number of rotatable bonds is 2. The Labute approximate surface area is 102 Å². The molecule has 84 valence electrons. The Morgan fingerprint density at radius 2 is 2.12 bits per heavy atom. The second-order valence-corrected chi connectivity index (χ2v) is 4.17. The van der Waals surface area contributed by atoms with E-state index in [2.05, 4.69) is 21.1 Å². The fourth-order valence-corrected chi connectivity index (χ4v) is 2.02. The van der Waals surface area contributed by atoms with Crippen molar-refractivity contribution < 1.29 is 9.26 Å². The largest absolute Gasteiger partial charge is 0.495 e. The molecule has 16 heavy (non-hydrogen) atoms. The molecular weight excluding hydrogens is 272 g/mol. The Hall–Kier alpha value is -1.49. The van der Waals surface area contributed by atoms with Gasteiger partial charge in [-0.25, -0.2) is 0 Å². The average molecular weight is 283 g/mol. The first-order valence-electron chi connectivity index (χ1n) is 4.68. The van der Waals surface area contributed by atoms with Gasteiger partial charge in [0, 0.05) is 5.56 Å². The van der Waals surface area contributed by atoms with E-state index >= 15 is 0 Å². The molecule has 0 unspecified atom stereocenters. The van der Waals surface area contributed by atoms with E-state index < -0.39 is 0 Å². The Kier molecular flexibility index (Phi) is 2.87. The van der Waals surface area contributed by atoms with E-state index in [4.69, 9.17) is 15.0 Å². The highest BCUT2D eigenvalue weighted by Crippen LogP contribution is 2.40. The van der Waals surface area contributed by atoms with Gasteiger partial charge in [-0.05, 0) is 28.4 Å². The maximum Gasteiger partial charge on any atom is 0.230 e.